The molecule has 6 N–H and O–H groups in total. The van der Waals surface area contributed by atoms with Crippen molar-refractivity contribution in [1.29, 1.82) is 5.41 Å². The molecule has 1 aliphatic rings. The molecule has 1 aromatic carbocycles. The van der Waals surface area contributed by atoms with Gasteiger partial charge >= 0.3 is 0 Å². The van der Waals surface area contributed by atoms with Crippen LogP contribution in [0, 0.1) is 5.41 Å². The number of para-hydroxylation sites is 1. The molecule has 2 unspecified atom stereocenters. The zero-order valence-corrected chi connectivity index (χ0v) is 9.65. The lowest BCUT2D eigenvalue weighted by Crippen LogP contribution is -2.52. The van der Waals surface area contributed by atoms with Crippen molar-refractivity contribution in [2.75, 3.05) is 6.54 Å². The Morgan fingerprint density at radius 3 is 2.88 bits per heavy atom. The lowest BCUT2D eigenvalue weighted by molar-refractivity contribution is 0.110. The van der Waals surface area contributed by atoms with Crippen LogP contribution in [-0.2, 0) is 0 Å². The van der Waals surface area contributed by atoms with Crippen LogP contribution in [0.15, 0.2) is 24.3 Å². The third-order valence-corrected chi connectivity index (χ3v) is 2.88. The summed E-state index contributed by atoms with van der Waals surface area (Å²) < 4.78 is 5.80. The molecular formula is C12H18N4O. The van der Waals surface area contributed by atoms with E-state index in [0.717, 1.165) is 19.4 Å². The standard InChI is InChI=1S/C12H18N4O/c13-9-5-3-7-16-12(9)17-10-6-2-1-4-8(10)11(14)15/h1-2,4,6,9,12,16H,3,5,7,13H2,(H3,14,15). The summed E-state index contributed by atoms with van der Waals surface area (Å²) in [7, 11) is 0. The molecule has 0 amide bonds. The topological polar surface area (TPSA) is 97.2 Å². The van der Waals surface area contributed by atoms with Crippen LogP contribution in [0.3, 0.4) is 0 Å². The van der Waals surface area contributed by atoms with Crippen molar-refractivity contribution in [3.8, 4) is 5.75 Å². The molecule has 1 heterocycles. The number of ether oxygens (including phenoxy) is 1. The molecule has 2 rings (SSSR count). The largest absolute Gasteiger partial charge is 0.473 e. The number of hydrogen-bond donors (Lipinski definition) is 4. The van der Waals surface area contributed by atoms with Gasteiger partial charge in [0.2, 0.25) is 0 Å². The van der Waals surface area contributed by atoms with Crippen LogP contribution in [-0.4, -0.2) is 24.7 Å². The van der Waals surface area contributed by atoms with Crippen LogP contribution in [0.1, 0.15) is 18.4 Å². The van der Waals surface area contributed by atoms with Gasteiger partial charge in [0.05, 0.1) is 11.6 Å². The van der Waals surface area contributed by atoms with Gasteiger partial charge in [0.15, 0.2) is 6.23 Å². The normalized spacial score (nSPS) is 24.3. The average Bonchev–Trinajstić information content (AvgIpc) is 2.32. The summed E-state index contributed by atoms with van der Waals surface area (Å²) in [5.41, 5.74) is 12.1. The van der Waals surface area contributed by atoms with Crippen molar-refractivity contribution in [1.82, 2.24) is 5.32 Å². The minimum Gasteiger partial charge on any atom is -0.473 e. The molecule has 0 bridgehead atoms. The Balaban J connectivity index is 2.14. The van der Waals surface area contributed by atoms with Crippen LogP contribution in [0.2, 0.25) is 0 Å². The number of nitrogens with two attached hydrogens (primary N) is 2. The number of rotatable bonds is 3. The highest BCUT2D eigenvalue weighted by Gasteiger charge is 2.23. The van der Waals surface area contributed by atoms with Gasteiger partial charge in [-0.3, -0.25) is 10.7 Å². The van der Waals surface area contributed by atoms with Gasteiger partial charge < -0.3 is 16.2 Å². The van der Waals surface area contributed by atoms with Crippen LogP contribution in [0.5, 0.6) is 5.75 Å². The van der Waals surface area contributed by atoms with Crippen LogP contribution in [0.4, 0.5) is 0 Å². The fraction of sp³-hybridized carbons (Fsp3) is 0.417. The molecule has 1 saturated heterocycles. The molecular weight excluding hydrogens is 216 g/mol. The highest BCUT2D eigenvalue weighted by Crippen LogP contribution is 2.20. The van der Waals surface area contributed by atoms with Crippen molar-refractivity contribution >= 4 is 5.84 Å². The third-order valence-electron chi connectivity index (χ3n) is 2.88. The average molecular weight is 234 g/mol. The second-order valence-electron chi connectivity index (χ2n) is 4.21. The Morgan fingerprint density at radius 1 is 1.41 bits per heavy atom. The van der Waals surface area contributed by atoms with Gasteiger partial charge in [-0.15, -0.1) is 0 Å². The summed E-state index contributed by atoms with van der Waals surface area (Å²) >= 11 is 0. The monoisotopic (exact) mass is 234 g/mol. The second kappa shape index (κ2) is 5.16. The summed E-state index contributed by atoms with van der Waals surface area (Å²) in [6, 6.07) is 7.24. The summed E-state index contributed by atoms with van der Waals surface area (Å²) in [6.07, 6.45) is 1.80. The van der Waals surface area contributed by atoms with Gasteiger partial charge in [-0.05, 0) is 31.5 Å². The van der Waals surface area contributed by atoms with E-state index < -0.39 is 0 Å². The summed E-state index contributed by atoms with van der Waals surface area (Å²) in [4.78, 5) is 0. The Bertz CT molecular complexity index is 407. The molecule has 5 heteroatoms. The third kappa shape index (κ3) is 2.75. The van der Waals surface area contributed by atoms with Gasteiger partial charge in [0.25, 0.3) is 0 Å². The van der Waals surface area contributed by atoms with E-state index in [2.05, 4.69) is 5.32 Å². The van der Waals surface area contributed by atoms with Gasteiger partial charge in [-0.25, -0.2) is 0 Å². The molecule has 5 nitrogen and oxygen atoms in total. The fourth-order valence-electron chi connectivity index (χ4n) is 1.94. The minimum atomic E-state index is -0.204. The van der Waals surface area contributed by atoms with E-state index in [4.69, 9.17) is 21.6 Å². The molecule has 0 aliphatic carbocycles. The maximum atomic E-state index is 7.49. The Hall–Kier alpha value is -1.59. The number of piperidine rings is 1. The van der Waals surface area contributed by atoms with Crippen molar-refractivity contribution in [2.24, 2.45) is 11.5 Å². The SMILES string of the molecule is N=C(N)c1ccccc1OC1NCCCC1N. The van der Waals surface area contributed by atoms with E-state index in [-0.39, 0.29) is 18.1 Å². The molecule has 1 fully saturated rings. The van der Waals surface area contributed by atoms with Crippen LogP contribution < -0.4 is 21.5 Å². The summed E-state index contributed by atoms with van der Waals surface area (Å²) in [6.45, 7) is 0.903. The highest BCUT2D eigenvalue weighted by molar-refractivity contribution is 5.97. The quantitative estimate of drug-likeness (QED) is 0.449. The predicted molar refractivity (Wildman–Crippen MR) is 67.1 cm³/mol. The maximum absolute atomic E-state index is 7.49. The number of nitrogen functional groups attached to an aromatic ring is 1. The zero-order valence-electron chi connectivity index (χ0n) is 9.65. The molecule has 0 spiro atoms. The first-order valence-electron chi connectivity index (χ1n) is 5.77. The van der Waals surface area contributed by atoms with Crippen molar-refractivity contribution < 1.29 is 4.74 Å². The van der Waals surface area contributed by atoms with Gasteiger partial charge in [0.1, 0.15) is 11.6 Å². The van der Waals surface area contributed by atoms with E-state index >= 15 is 0 Å². The summed E-state index contributed by atoms with van der Waals surface area (Å²) in [5.74, 6) is 0.611. The first kappa shape index (κ1) is 11.9. The Labute approximate surface area is 101 Å². The maximum Gasteiger partial charge on any atom is 0.165 e. The Kier molecular flexibility index (Phi) is 3.61. The van der Waals surface area contributed by atoms with Crippen LogP contribution >= 0.6 is 0 Å². The smallest absolute Gasteiger partial charge is 0.165 e. The molecule has 0 radical (unpaired) electrons. The lowest BCUT2D eigenvalue weighted by Gasteiger charge is -2.30. The molecule has 2 atom stereocenters. The summed E-state index contributed by atoms with van der Waals surface area (Å²) in [5, 5.41) is 10.7. The lowest BCUT2D eigenvalue weighted by atomic mass is 10.1. The number of benzene rings is 1. The number of hydrogen-bond acceptors (Lipinski definition) is 4. The number of amidine groups is 1. The van der Waals surface area contributed by atoms with Crippen molar-refractivity contribution in [2.45, 2.75) is 25.1 Å². The molecule has 1 aromatic rings. The predicted octanol–water partition coefficient (Wildman–Crippen LogP) is 0.386. The van der Waals surface area contributed by atoms with Gasteiger partial charge in [0, 0.05) is 0 Å². The van der Waals surface area contributed by atoms with E-state index in [1.54, 1.807) is 12.1 Å². The minimum absolute atomic E-state index is 0.00461. The Morgan fingerprint density at radius 2 is 2.18 bits per heavy atom. The van der Waals surface area contributed by atoms with E-state index in [1.807, 2.05) is 12.1 Å². The fourth-order valence-corrected chi connectivity index (χ4v) is 1.94. The van der Waals surface area contributed by atoms with Crippen molar-refractivity contribution in [3.05, 3.63) is 29.8 Å². The highest BCUT2D eigenvalue weighted by atomic mass is 16.5. The first-order chi connectivity index (χ1) is 8.18. The van der Waals surface area contributed by atoms with E-state index in [1.165, 1.54) is 0 Å². The van der Waals surface area contributed by atoms with E-state index in [9.17, 15) is 0 Å². The molecule has 0 saturated carbocycles. The zero-order chi connectivity index (χ0) is 12.3. The van der Waals surface area contributed by atoms with Crippen LogP contribution in [0.25, 0.3) is 0 Å². The first-order valence-corrected chi connectivity index (χ1v) is 5.77. The van der Waals surface area contributed by atoms with E-state index in [0.29, 0.717) is 11.3 Å². The molecule has 1 aliphatic heterocycles. The molecule has 92 valence electrons. The van der Waals surface area contributed by atoms with Gasteiger partial charge in [-0.2, -0.15) is 0 Å². The number of nitrogens with one attached hydrogen (secondary N) is 2. The molecule has 17 heavy (non-hydrogen) atoms. The van der Waals surface area contributed by atoms with Crippen molar-refractivity contribution in [3.63, 3.8) is 0 Å². The molecule has 0 aromatic heterocycles. The van der Waals surface area contributed by atoms with Gasteiger partial charge in [-0.1, -0.05) is 12.1 Å². The second-order valence-corrected chi connectivity index (χ2v) is 4.21.